The molecule has 1 saturated carbocycles. The van der Waals surface area contributed by atoms with Gasteiger partial charge in [0.2, 0.25) is 0 Å². The Balaban J connectivity index is 1.70. The van der Waals surface area contributed by atoms with E-state index in [0.29, 0.717) is 0 Å². The molecule has 1 amide bonds. The minimum Gasteiger partial charge on any atom is -0.338 e. The fourth-order valence-corrected chi connectivity index (χ4v) is 5.40. The zero-order valence-corrected chi connectivity index (χ0v) is 14.7. The molecule has 19 heavy (non-hydrogen) atoms. The van der Waals surface area contributed by atoms with Crippen molar-refractivity contribution in [2.45, 2.75) is 32.1 Å². The van der Waals surface area contributed by atoms with Gasteiger partial charge in [0, 0.05) is 17.6 Å². The summed E-state index contributed by atoms with van der Waals surface area (Å²) >= 11 is 8.45. The number of nitrogens with zero attached hydrogens (tertiary/aromatic N) is 1. The fourth-order valence-electron chi connectivity index (χ4n) is 3.39. The van der Waals surface area contributed by atoms with Crippen LogP contribution in [0.3, 0.4) is 0 Å². The van der Waals surface area contributed by atoms with E-state index >= 15 is 0 Å². The predicted octanol–water partition coefficient (Wildman–Crippen LogP) is 4.93. The maximum Gasteiger partial charge on any atom is 0.264 e. The van der Waals surface area contributed by atoms with Crippen LogP contribution in [0.25, 0.3) is 0 Å². The van der Waals surface area contributed by atoms with E-state index in [2.05, 4.69) is 36.8 Å². The molecule has 0 bridgehead atoms. The van der Waals surface area contributed by atoms with E-state index in [1.807, 2.05) is 6.07 Å². The van der Waals surface area contributed by atoms with Crippen LogP contribution < -0.4 is 0 Å². The number of carbonyl (C=O) groups is 1. The summed E-state index contributed by atoms with van der Waals surface area (Å²) in [4.78, 5) is 15.4. The zero-order valence-electron chi connectivity index (χ0n) is 10.7. The molecule has 2 nitrogen and oxygen atoms in total. The van der Waals surface area contributed by atoms with E-state index in [0.717, 1.165) is 38.1 Å². The van der Waals surface area contributed by atoms with E-state index in [-0.39, 0.29) is 5.91 Å². The van der Waals surface area contributed by atoms with Crippen LogP contribution in [0.1, 0.15) is 41.8 Å². The van der Waals surface area contributed by atoms with Crippen LogP contribution in [0.2, 0.25) is 0 Å². The predicted molar refractivity (Wildman–Crippen MR) is 85.7 cm³/mol. The number of fused-ring (bicyclic) bond motifs is 1. The molecule has 104 valence electrons. The van der Waals surface area contributed by atoms with Gasteiger partial charge in [-0.2, -0.15) is 0 Å². The summed E-state index contributed by atoms with van der Waals surface area (Å²) in [6.45, 7) is 1.91. The number of hydrogen-bond donors (Lipinski definition) is 0. The molecule has 2 atom stereocenters. The third-order valence-corrected chi connectivity index (χ3v) is 7.68. The highest BCUT2D eigenvalue weighted by atomic mass is 79.9. The number of halogens is 2. The molecule has 0 aromatic carbocycles. The summed E-state index contributed by atoms with van der Waals surface area (Å²) in [6, 6.07) is 1.93. The standard InChI is InChI=1S/C14H17Br2NOS/c15-11-7-12(19-13(11)16)14(18)17-6-5-9-3-1-2-4-10(9)8-17/h7,9-10H,1-6,8H2/t9-,10-/m0/s1. The topological polar surface area (TPSA) is 20.3 Å². The third kappa shape index (κ3) is 2.93. The van der Waals surface area contributed by atoms with Gasteiger partial charge in [0.1, 0.15) is 0 Å². The Bertz CT molecular complexity index is 468. The Morgan fingerprint density at radius 1 is 1.21 bits per heavy atom. The minimum absolute atomic E-state index is 0.209. The number of rotatable bonds is 1. The van der Waals surface area contributed by atoms with E-state index in [9.17, 15) is 4.79 Å². The Kier molecular flexibility index (Phi) is 4.34. The first-order valence-corrected chi connectivity index (χ1v) is 9.29. The molecule has 2 fully saturated rings. The van der Waals surface area contributed by atoms with E-state index in [1.165, 1.54) is 43.4 Å². The molecule has 1 saturated heterocycles. The van der Waals surface area contributed by atoms with Gasteiger partial charge < -0.3 is 4.90 Å². The van der Waals surface area contributed by atoms with Crippen molar-refractivity contribution >= 4 is 49.1 Å². The summed E-state index contributed by atoms with van der Waals surface area (Å²) in [6.07, 6.45) is 6.62. The van der Waals surface area contributed by atoms with Crippen LogP contribution >= 0.6 is 43.2 Å². The van der Waals surface area contributed by atoms with Crippen LogP contribution in [0.5, 0.6) is 0 Å². The SMILES string of the molecule is O=C(c1cc(Br)c(Br)s1)N1CC[C@@H]2CCCC[C@H]2C1. The maximum atomic E-state index is 12.5. The van der Waals surface area contributed by atoms with Crippen molar-refractivity contribution in [3.8, 4) is 0 Å². The van der Waals surface area contributed by atoms with Crippen molar-refractivity contribution in [1.82, 2.24) is 4.90 Å². The highest BCUT2D eigenvalue weighted by molar-refractivity contribution is 9.13. The molecule has 1 aliphatic heterocycles. The highest BCUT2D eigenvalue weighted by Crippen LogP contribution is 2.38. The molecule has 0 spiro atoms. The third-order valence-electron chi connectivity index (χ3n) is 4.43. The summed E-state index contributed by atoms with van der Waals surface area (Å²) in [5.74, 6) is 1.83. The number of thiophene rings is 1. The zero-order chi connectivity index (χ0) is 13.4. The average Bonchev–Trinajstić information content (AvgIpc) is 2.77. The summed E-state index contributed by atoms with van der Waals surface area (Å²) in [5.41, 5.74) is 0. The summed E-state index contributed by atoms with van der Waals surface area (Å²) < 4.78 is 1.98. The van der Waals surface area contributed by atoms with Crippen molar-refractivity contribution in [2.24, 2.45) is 11.8 Å². The lowest BCUT2D eigenvalue weighted by molar-refractivity contribution is 0.0525. The second-order valence-electron chi connectivity index (χ2n) is 5.58. The average molecular weight is 407 g/mol. The smallest absolute Gasteiger partial charge is 0.264 e. The van der Waals surface area contributed by atoms with E-state index in [4.69, 9.17) is 0 Å². The first-order valence-electron chi connectivity index (χ1n) is 6.89. The van der Waals surface area contributed by atoms with Gasteiger partial charge in [-0.3, -0.25) is 4.79 Å². The minimum atomic E-state index is 0.209. The number of likely N-dealkylation sites (tertiary alicyclic amines) is 1. The number of carbonyl (C=O) groups excluding carboxylic acids is 1. The van der Waals surface area contributed by atoms with Gasteiger partial charge >= 0.3 is 0 Å². The van der Waals surface area contributed by atoms with Crippen molar-refractivity contribution in [1.29, 1.82) is 0 Å². The molecule has 0 unspecified atom stereocenters. The molecule has 5 heteroatoms. The van der Waals surface area contributed by atoms with Crippen LogP contribution in [-0.4, -0.2) is 23.9 Å². The Morgan fingerprint density at radius 2 is 1.95 bits per heavy atom. The van der Waals surface area contributed by atoms with Crippen molar-refractivity contribution < 1.29 is 4.79 Å². The molecule has 1 aromatic rings. The first-order chi connectivity index (χ1) is 9.15. The van der Waals surface area contributed by atoms with Crippen LogP contribution in [0.15, 0.2) is 14.3 Å². The van der Waals surface area contributed by atoms with Gasteiger partial charge in [-0.1, -0.05) is 19.3 Å². The van der Waals surface area contributed by atoms with E-state index in [1.54, 1.807) is 0 Å². The fraction of sp³-hybridized carbons (Fsp3) is 0.643. The summed E-state index contributed by atoms with van der Waals surface area (Å²) in [5, 5.41) is 0. The normalized spacial score (nSPS) is 27.2. The van der Waals surface area contributed by atoms with Crippen LogP contribution in [0.4, 0.5) is 0 Å². The number of piperidine rings is 1. The molecule has 3 rings (SSSR count). The van der Waals surface area contributed by atoms with Gasteiger partial charge in [-0.15, -0.1) is 11.3 Å². The van der Waals surface area contributed by atoms with Crippen molar-refractivity contribution in [2.75, 3.05) is 13.1 Å². The Morgan fingerprint density at radius 3 is 2.63 bits per heavy atom. The second kappa shape index (κ2) is 5.86. The Labute approximate surface area is 134 Å². The molecular weight excluding hydrogens is 390 g/mol. The molecular formula is C14H17Br2NOS. The van der Waals surface area contributed by atoms with Gasteiger partial charge in [0.15, 0.2) is 0 Å². The molecule has 0 N–H and O–H groups in total. The van der Waals surface area contributed by atoms with Gasteiger partial charge in [0.25, 0.3) is 5.91 Å². The molecule has 1 aliphatic carbocycles. The summed E-state index contributed by atoms with van der Waals surface area (Å²) in [7, 11) is 0. The Hall–Kier alpha value is 0.130. The van der Waals surface area contributed by atoms with Crippen LogP contribution in [0, 0.1) is 11.8 Å². The lowest BCUT2D eigenvalue weighted by Crippen LogP contribution is -2.44. The van der Waals surface area contributed by atoms with Gasteiger partial charge in [-0.05, 0) is 62.6 Å². The monoisotopic (exact) mass is 405 g/mol. The molecule has 0 radical (unpaired) electrons. The van der Waals surface area contributed by atoms with Gasteiger partial charge in [-0.25, -0.2) is 0 Å². The lowest BCUT2D eigenvalue weighted by Gasteiger charge is -2.41. The van der Waals surface area contributed by atoms with E-state index < -0.39 is 0 Å². The number of amides is 1. The van der Waals surface area contributed by atoms with Crippen LogP contribution in [-0.2, 0) is 0 Å². The second-order valence-corrected chi connectivity index (χ2v) is 8.80. The highest BCUT2D eigenvalue weighted by Gasteiger charge is 2.33. The molecule has 2 heterocycles. The number of hydrogen-bond acceptors (Lipinski definition) is 2. The largest absolute Gasteiger partial charge is 0.338 e. The first kappa shape index (κ1) is 14.1. The maximum absolute atomic E-state index is 12.5. The lowest BCUT2D eigenvalue weighted by atomic mass is 9.75. The van der Waals surface area contributed by atoms with Crippen molar-refractivity contribution in [3.63, 3.8) is 0 Å². The quantitative estimate of drug-likeness (QED) is 0.647. The van der Waals surface area contributed by atoms with Crippen molar-refractivity contribution in [3.05, 3.63) is 19.2 Å². The molecule has 1 aromatic heterocycles. The van der Waals surface area contributed by atoms with Gasteiger partial charge in [0.05, 0.1) is 8.66 Å². The molecule has 2 aliphatic rings.